The zero-order chi connectivity index (χ0) is 19.5. The van der Waals surface area contributed by atoms with E-state index >= 15 is 0 Å². The second-order valence-electron chi connectivity index (χ2n) is 7.28. The second kappa shape index (κ2) is 7.92. The molecule has 1 aliphatic rings. The van der Waals surface area contributed by atoms with Crippen LogP contribution in [0.2, 0.25) is 0 Å². The fourth-order valence-corrected chi connectivity index (χ4v) is 3.53. The fraction of sp³-hybridized carbons (Fsp3) is 0.318. The smallest absolute Gasteiger partial charge is 0.230 e. The fourth-order valence-electron chi connectivity index (χ4n) is 3.53. The molecule has 28 heavy (non-hydrogen) atoms. The number of benzene rings is 2. The molecule has 1 aromatic heterocycles. The van der Waals surface area contributed by atoms with Gasteiger partial charge in [0.1, 0.15) is 5.82 Å². The quantitative estimate of drug-likeness (QED) is 0.684. The number of carbonyl (C=O) groups is 1. The molecule has 0 saturated carbocycles. The molecule has 0 aliphatic carbocycles. The molecule has 3 aromatic rings. The highest BCUT2D eigenvalue weighted by atomic mass is 19.1. The maximum atomic E-state index is 13.3. The van der Waals surface area contributed by atoms with Crippen LogP contribution in [-0.2, 0) is 11.2 Å². The number of carbonyl (C=O) groups excluding carboxylic acids is 1. The van der Waals surface area contributed by atoms with Crippen LogP contribution in [0.25, 0.3) is 11.4 Å². The summed E-state index contributed by atoms with van der Waals surface area (Å²) in [4.78, 5) is 18.9. The Morgan fingerprint density at radius 1 is 1.18 bits per heavy atom. The van der Waals surface area contributed by atoms with Crippen LogP contribution in [0.1, 0.15) is 35.8 Å². The Morgan fingerprint density at radius 2 is 1.93 bits per heavy atom. The van der Waals surface area contributed by atoms with Gasteiger partial charge in [0.25, 0.3) is 0 Å². The first-order valence-electron chi connectivity index (χ1n) is 9.51. The predicted octanol–water partition coefficient (Wildman–Crippen LogP) is 4.13. The van der Waals surface area contributed by atoms with E-state index in [0.717, 1.165) is 18.4 Å². The van der Waals surface area contributed by atoms with Crippen molar-refractivity contribution in [1.29, 1.82) is 0 Å². The summed E-state index contributed by atoms with van der Waals surface area (Å²) in [6, 6.07) is 14.2. The Kier molecular flexibility index (Phi) is 5.19. The molecular formula is C22H22FN3O2. The van der Waals surface area contributed by atoms with Crippen LogP contribution >= 0.6 is 0 Å². The van der Waals surface area contributed by atoms with Crippen LogP contribution in [0.4, 0.5) is 4.39 Å². The van der Waals surface area contributed by atoms with E-state index in [-0.39, 0.29) is 24.1 Å². The molecule has 2 heterocycles. The monoisotopic (exact) mass is 379 g/mol. The summed E-state index contributed by atoms with van der Waals surface area (Å²) in [7, 11) is 0. The van der Waals surface area contributed by atoms with E-state index in [4.69, 9.17) is 4.52 Å². The summed E-state index contributed by atoms with van der Waals surface area (Å²) in [6.07, 6.45) is 1.79. The third kappa shape index (κ3) is 4.11. The summed E-state index contributed by atoms with van der Waals surface area (Å²) in [5, 5.41) is 4.11. The van der Waals surface area contributed by atoms with Crippen LogP contribution in [0, 0.1) is 12.7 Å². The lowest BCUT2D eigenvalue weighted by Gasteiger charge is -2.30. The Balaban J connectivity index is 1.35. The van der Waals surface area contributed by atoms with Gasteiger partial charge in [-0.25, -0.2) is 4.39 Å². The minimum absolute atomic E-state index is 0.0231. The molecule has 144 valence electrons. The molecule has 4 rings (SSSR count). The number of aromatic nitrogens is 2. The number of likely N-dealkylation sites (tertiary alicyclic amines) is 1. The van der Waals surface area contributed by atoms with E-state index in [9.17, 15) is 9.18 Å². The number of nitrogens with zero attached hydrogens (tertiary/aromatic N) is 3. The van der Waals surface area contributed by atoms with Gasteiger partial charge in [-0.15, -0.1) is 0 Å². The lowest BCUT2D eigenvalue weighted by molar-refractivity contribution is -0.131. The van der Waals surface area contributed by atoms with Gasteiger partial charge in [-0.1, -0.05) is 47.1 Å². The Labute approximate surface area is 163 Å². The predicted molar refractivity (Wildman–Crippen MR) is 103 cm³/mol. The van der Waals surface area contributed by atoms with Crippen molar-refractivity contribution in [1.82, 2.24) is 15.0 Å². The number of hydrogen-bond donors (Lipinski definition) is 0. The van der Waals surface area contributed by atoms with Crippen LogP contribution < -0.4 is 0 Å². The van der Waals surface area contributed by atoms with Gasteiger partial charge in [0.15, 0.2) is 0 Å². The first kappa shape index (κ1) is 18.3. The zero-order valence-electron chi connectivity index (χ0n) is 15.8. The molecule has 2 aromatic carbocycles. The molecule has 0 spiro atoms. The number of rotatable bonds is 4. The van der Waals surface area contributed by atoms with Crippen LogP contribution in [0.3, 0.4) is 0 Å². The Bertz CT molecular complexity index is 960. The molecule has 0 radical (unpaired) electrons. The number of piperidine rings is 1. The number of hydrogen-bond acceptors (Lipinski definition) is 4. The summed E-state index contributed by atoms with van der Waals surface area (Å²) < 4.78 is 18.8. The van der Waals surface area contributed by atoms with Crippen molar-refractivity contribution in [2.24, 2.45) is 0 Å². The standard InChI is InChI=1S/C22H22FN3O2/c1-15-5-7-17(8-6-15)21-24-22(28-25-21)18-9-11-26(12-10-18)20(27)14-16-3-2-4-19(23)13-16/h2-8,13,18H,9-12,14H2,1H3. The third-order valence-corrected chi connectivity index (χ3v) is 5.19. The number of halogens is 1. The van der Waals surface area contributed by atoms with Crippen molar-refractivity contribution < 1.29 is 13.7 Å². The first-order valence-corrected chi connectivity index (χ1v) is 9.51. The molecule has 5 nitrogen and oxygen atoms in total. The third-order valence-electron chi connectivity index (χ3n) is 5.19. The maximum Gasteiger partial charge on any atom is 0.230 e. The molecule has 0 N–H and O–H groups in total. The average Bonchev–Trinajstić information content (AvgIpc) is 3.19. The van der Waals surface area contributed by atoms with Crippen molar-refractivity contribution in [3.8, 4) is 11.4 Å². The summed E-state index contributed by atoms with van der Waals surface area (Å²) in [6.45, 7) is 3.32. The van der Waals surface area contributed by atoms with Gasteiger partial charge in [0, 0.05) is 24.6 Å². The van der Waals surface area contributed by atoms with Crippen LogP contribution in [0.5, 0.6) is 0 Å². The highest BCUT2D eigenvalue weighted by Gasteiger charge is 2.27. The van der Waals surface area contributed by atoms with E-state index < -0.39 is 0 Å². The first-order chi connectivity index (χ1) is 13.6. The van der Waals surface area contributed by atoms with E-state index in [1.807, 2.05) is 36.1 Å². The van der Waals surface area contributed by atoms with Crippen molar-refractivity contribution in [2.45, 2.75) is 32.1 Å². The van der Waals surface area contributed by atoms with Crippen molar-refractivity contribution in [3.05, 3.63) is 71.4 Å². The summed E-state index contributed by atoms with van der Waals surface area (Å²) in [5.74, 6) is 1.09. The molecule has 1 aliphatic heterocycles. The molecule has 6 heteroatoms. The SMILES string of the molecule is Cc1ccc(-c2noc(C3CCN(C(=O)Cc4cccc(F)c4)CC3)n2)cc1. The summed E-state index contributed by atoms with van der Waals surface area (Å²) in [5.41, 5.74) is 2.82. The Hall–Kier alpha value is -3.02. The summed E-state index contributed by atoms with van der Waals surface area (Å²) >= 11 is 0. The zero-order valence-corrected chi connectivity index (χ0v) is 15.8. The lowest BCUT2D eigenvalue weighted by Crippen LogP contribution is -2.38. The molecule has 0 bridgehead atoms. The topological polar surface area (TPSA) is 59.2 Å². The normalized spacial score (nSPS) is 15.0. The number of amides is 1. The minimum atomic E-state index is -0.315. The lowest BCUT2D eigenvalue weighted by atomic mass is 9.96. The highest BCUT2D eigenvalue weighted by Crippen LogP contribution is 2.29. The van der Waals surface area contributed by atoms with Gasteiger partial charge in [0.05, 0.1) is 6.42 Å². The molecule has 1 saturated heterocycles. The van der Waals surface area contributed by atoms with Crippen LogP contribution in [0.15, 0.2) is 53.1 Å². The Morgan fingerprint density at radius 3 is 2.64 bits per heavy atom. The average molecular weight is 379 g/mol. The van der Waals surface area contributed by atoms with Crippen molar-refractivity contribution in [3.63, 3.8) is 0 Å². The molecule has 0 unspecified atom stereocenters. The van der Waals surface area contributed by atoms with Gasteiger partial charge >= 0.3 is 0 Å². The van der Waals surface area contributed by atoms with Crippen molar-refractivity contribution in [2.75, 3.05) is 13.1 Å². The van der Waals surface area contributed by atoms with Gasteiger partial charge in [-0.3, -0.25) is 4.79 Å². The second-order valence-corrected chi connectivity index (χ2v) is 7.28. The largest absolute Gasteiger partial charge is 0.342 e. The van der Waals surface area contributed by atoms with E-state index in [1.54, 1.807) is 12.1 Å². The molecular weight excluding hydrogens is 357 g/mol. The number of aryl methyl sites for hydroxylation is 1. The van der Waals surface area contributed by atoms with E-state index in [2.05, 4.69) is 10.1 Å². The molecule has 1 fully saturated rings. The van der Waals surface area contributed by atoms with Gasteiger partial charge in [-0.2, -0.15) is 4.98 Å². The van der Waals surface area contributed by atoms with Crippen LogP contribution in [-0.4, -0.2) is 34.0 Å². The van der Waals surface area contributed by atoms with E-state index in [1.165, 1.54) is 17.7 Å². The van der Waals surface area contributed by atoms with Gasteiger partial charge < -0.3 is 9.42 Å². The minimum Gasteiger partial charge on any atom is -0.342 e. The maximum absolute atomic E-state index is 13.3. The van der Waals surface area contributed by atoms with Gasteiger partial charge in [-0.05, 0) is 37.5 Å². The van der Waals surface area contributed by atoms with Gasteiger partial charge in [0.2, 0.25) is 17.6 Å². The van der Waals surface area contributed by atoms with Crippen molar-refractivity contribution >= 4 is 5.91 Å². The molecule has 0 atom stereocenters. The van der Waals surface area contributed by atoms with E-state index in [0.29, 0.717) is 30.4 Å². The molecule has 1 amide bonds. The highest BCUT2D eigenvalue weighted by molar-refractivity contribution is 5.78.